The standard InChI is InChI=1S/C13H16ClN3/c1-10-2-3-11(13(14)6-10)9-17-5-4-16-8-12(17)7-15/h2-3,6,12,16H,4-5,8-9H2,1H3. The Morgan fingerprint density at radius 3 is 3.12 bits per heavy atom. The molecule has 17 heavy (non-hydrogen) atoms. The van der Waals surface area contributed by atoms with E-state index in [-0.39, 0.29) is 6.04 Å². The molecule has 0 saturated carbocycles. The van der Waals surface area contributed by atoms with Crippen molar-refractivity contribution in [1.82, 2.24) is 10.2 Å². The lowest BCUT2D eigenvalue weighted by molar-refractivity contribution is 0.189. The van der Waals surface area contributed by atoms with Gasteiger partial charge in [0, 0.05) is 31.2 Å². The van der Waals surface area contributed by atoms with Crippen LogP contribution in [0.15, 0.2) is 18.2 Å². The molecule has 0 amide bonds. The van der Waals surface area contributed by atoms with E-state index in [1.165, 1.54) is 0 Å². The van der Waals surface area contributed by atoms with Crippen molar-refractivity contribution in [1.29, 1.82) is 5.26 Å². The summed E-state index contributed by atoms with van der Waals surface area (Å²) < 4.78 is 0. The van der Waals surface area contributed by atoms with Crippen LogP contribution in [0.1, 0.15) is 11.1 Å². The summed E-state index contributed by atoms with van der Waals surface area (Å²) in [6, 6.07) is 8.35. The molecule has 1 aromatic carbocycles. The molecule has 0 bridgehead atoms. The third-order valence-corrected chi connectivity index (χ3v) is 3.44. The van der Waals surface area contributed by atoms with Gasteiger partial charge in [-0.25, -0.2) is 0 Å². The fourth-order valence-corrected chi connectivity index (χ4v) is 2.36. The highest BCUT2D eigenvalue weighted by Gasteiger charge is 2.22. The molecule has 1 atom stereocenters. The van der Waals surface area contributed by atoms with Crippen LogP contribution < -0.4 is 5.32 Å². The minimum absolute atomic E-state index is 0.0545. The minimum atomic E-state index is -0.0545. The van der Waals surface area contributed by atoms with Crippen molar-refractivity contribution in [2.24, 2.45) is 0 Å². The molecule has 1 aliphatic rings. The first kappa shape index (κ1) is 12.4. The normalized spacial score (nSPS) is 21.1. The lowest BCUT2D eigenvalue weighted by Crippen LogP contribution is -2.50. The van der Waals surface area contributed by atoms with Gasteiger partial charge < -0.3 is 5.32 Å². The summed E-state index contributed by atoms with van der Waals surface area (Å²) >= 11 is 6.21. The molecule has 1 heterocycles. The van der Waals surface area contributed by atoms with Gasteiger partial charge >= 0.3 is 0 Å². The van der Waals surface area contributed by atoms with Crippen molar-refractivity contribution in [3.05, 3.63) is 34.3 Å². The number of nitrogens with zero attached hydrogens (tertiary/aromatic N) is 2. The second kappa shape index (κ2) is 5.50. The SMILES string of the molecule is Cc1ccc(CN2CCNCC2C#N)c(Cl)c1. The third-order valence-electron chi connectivity index (χ3n) is 3.09. The molecule has 1 aliphatic heterocycles. The van der Waals surface area contributed by atoms with Crippen LogP contribution in [0.25, 0.3) is 0 Å². The zero-order chi connectivity index (χ0) is 12.3. The Labute approximate surface area is 107 Å². The minimum Gasteiger partial charge on any atom is -0.313 e. The van der Waals surface area contributed by atoms with E-state index >= 15 is 0 Å². The lowest BCUT2D eigenvalue weighted by atomic mass is 10.1. The molecular formula is C13H16ClN3. The summed E-state index contributed by atoms with van der Waals surface area (Å²) in [6.07, 6.45) is 0. The highest BCUT2D eigenvalue weighted by Crippen LogP contribution is 2.20. The van der Waals surface area contributed by atoms with Gasteiger partial charge in [0.05, 0.1) is 6.07 Å². The highest BCUT2D eigenvalue weighted by molar-refractivity contribution is 6.31. The van der Waals surface area contributed by atoms with Gasteiger partial charge in [-0.1, -0.05) is 23.7 Å². The molecule has 0 spiro atoms. The molecule has 1 aromatic rings. The number of hydrogen-bond acceptors (Lipinski definition) is 3. The van der Waals surface area contributed by atoms with Crippen molar-refractivity contribution in [2.75, 3.05) is 19.6 Å². The first-order valence-corrected chi connectivity index (χ1v) is 6.18. The monoisotopic (exact) mass is 249 g/mol. The van der Waals surface area contributed by atoms with E-state index in [0.29, 0.717) is 0 Å². The average molecular weight is 250 g/mol. The molecule has 0 radical (unpaired) electrons. The number of rotatable bonds is 2. The Morgan fingerprint density at radius 1 is 1.59 bits per heavy atom. The summed E-state index contributed by atoms with van der Waals surface area (Å²) in [6.45, 7) is 5.33. The third kappa shape index (κ3) is 2.98. The van der Waals surface area contributed by atoms with E-state index in [4.69, 9.17) is 16.9 Å². The molecule has 1 unspecified atom stereocenters. The Kier molecular flexibility index (Phi) is 4.01. The molecule has 0 aliphatic carbocycles. The van der Waals surface area contributed by atoms with Crippen molar-refractivity contribution in [3.63, 3.8) is 0 Å². The van der Waals surface area contributed by atoms with E-state index in [2.05, 4.69) is 22.4 Å². The summed E-state index contributed by atoms with van der Waals surface area (Å²) in [5, 5.41) is 13.1. The Hall–Kier alpha value is -1.08. The Morgan fingerprint density at radius 2 is 2.41 bits per heavy atom. The predicted octanol–water partition coefficient (Wildman–Crippen LogP) is 1.95. The quantitative estimate of drug-likeness (QED) is 0.871. The number of nitriles is 1. The van der Waals surface area contributed by atoms with E-state index in [9.17, 15) is 0 Å². The molecule has 1 fully saturated rings. The molecular weight excluding hydrogens is 234 g/mol. The molecule has 3 nitrogen and oxygen atoms in total. The van der Waals surface area contributed by atoms with Crippen LogP contribution >= 0.6 is 11.6 Å². The largest absolute Gasteiger partial charge is 0.313 e. The van der Waals surface area contributed by atoms with Crippen LogP contribution in [0, 0.1) is 18.3 Å². The van der Waals surface area contributed by atoms with Gasteiger partial charge in [-0.05, 0) is 24.1 Å². The van der Waals surface area contributed by atoms with Crippen LogP contribution in [-0.2, 0) is 6.54 Å². The van der Waals surface area contributed by atoms with E-state index in [1.54, 1.807) is 0 Å². The second-order valence-corrected chi connectivity index (χ2v) is 4.82. The number of nitrogens with one attached hydrogen (secondary N) is 1. The first-order chi connectivity index (χ1) is 8.20. The molecule has 0 aromatic heterocycles. The number of aryl methyl sites for hydroxylation is 1. The van der Waals surface area contributed by atoms with Gasteiger partial charge in [0.25, 0.3) is 0 Å². The van der Waals surface area contributed by atoms with Crippen molar-refractivity contribution >= 4 is 11.6 Å². The summed E-state index contributed by atoms with van der Waals surface area (Å²) in [7, 11) is 0. The Balaban J connectivity index is 2.11. The predicted molar refractivity (Wildman–Crippen MR) is 68.9 cm³/mol. The van der Waals surface area contributed by atoms with Crippen molar-refractivity contribution in [3.8, 4) is 6.07 Å². The van der Waals surface area contributed by atoms with Gasteiger partial charge in [-0.2, -0.15) is 5.26 Å². The van der Waals surface area contributed by atoms with Gasteiger partial charge in [0.1, 0.15) is 6.04 Å². The summed E-state index contributed by atoms with van der Waals surface area (Å²) in [4.78, 5) is 2.17. The van der Waals surface area contributed by atoms with Gasteiger partial charge in [-0.15, -0.1) is 0 Å². The molecule has 90 valence electrons. The van der Waals surface area contributed by atoms with E-state index in [0.717, 1.165) is 42.3 Å². The van der Waals surface area contributed by atoms with Crippen LogP contribution in [0.2, 0.25) is 5.02 Å². The zero-order valence-corrected chi connectivity index (χ0v) is 10.7. The fourth-order valence-electron chi connectivity index (χ4n) is 2.06. The van der Waals surface area contributed by atoms with E-state index < -0.39 is 0 Å². The molecule has 1 N–H and O–H groups in total. The molecule has 2 rings (SSSR count). The van der Waals surface area contributed by atoms with Crippen LogP contribution in [0.4, 0.5) is 0 Å². The maximum atomic E-state index is 9.09. The maximum Gasteiger partial charge on any atom is 0.111 e. The van der Waals surface area contributed by atoms with Gasteiger partial charge in [0.2, 0.25) is 0 Å². The van der Waals surface area contributed by atoms with Gasteiger partial charge in [0.15, 0.2) is 0 Å². The molecule has 1 saturated heterocycles. The Bertz CT molecular complexity index is 439. The first-order valence-electron chi connectivity index (χ1n) is 5.80. The molecule has 4 heteroatoms. The average Bonchev–Trinajstić information content (AvgIpc) is 2.33. The highest BCUT2D eigenvalue weighted by atomic mass is 35.5. The second-order valence-electron chi connectivity index (χ2n) is 4.41. The fraction of sp³-hybridized carbons (Fsp3) is 0.462. The number of benzene rings is 1. The summed E-state index contributed by atoms with van der Waals surface area (Å²) in [5.41, 5.74) is 2.26. The number of hydrogen-bond donors (Lipinski definition) is 1. The van der Waals surface area contributed by atoms with Crippen LogP contribution in [0.5, 0.6) is 0 Å². The number of halogens is 1. The van der Waals surface area contributed by atoms with Crippen LogP contribution in [-0.4, -0.2) is 30.6 Å². The topological polar surface area (TPSA) is 39.1 Å². The van der Waals surface area contributed by atoms with Crippen molar-refractivity contribution in [2.45, 2.75) is 19.5 Å². The summed E-state index contributed by atoms with van der Waals surface area (Å²) in [5.74, 6) is 0. The van der Waals surface area contributed by atoms with E-state index in [1.807, 2.05) is 19.1 Å². The van der Waals surface area contributed by atoms with Crippen LogP contribution in [0.3, 0.4) is 0 Å². The number of piperazine rings is 1. The smallest absolute Gasteiger partial charge is 0.111 e. The lowest BCUT2D eigenvalue weighted by Gasteiger charge is -2.32. The van der Waals surface area contributed by atoms with Gasteiger partial charge in [-0.3, -0.25) is 4.90 Å². The van der Waals surface area contributed by atoms with Crippen molar-refractivity contribution < 1.29 is 0 Å². The zero-order valence-electron chi connectivity index (χ0n) is 9.91. The maximum absolute atomic E-state index is 9.09.